The summed E-state index contributed by atoms with van der Waals surface area (Å²) < 4.78 is 0. The van der Waals surface area contributed by atoms with Gasteiger partial charge in [0.15, 0.2) is 0 Å². The number of hydrogen-bond acceptors (Lipinski definition) is 1. The molecule has 0 aromatic heterocycles. The third-order valence-electron chi connectivity index (χ3n) is 10.1. The second-order valence-electron chi connectivity index (χ2n) is 12.2. The largest absolute Gasteiger partial charge is 0.398 e. The number of rotatable bonds is 1. The van der Waals surface area contributed by atoms with E-state index in [1.54, 1.807) is 0 Å². The predicted octanol–water partition coefficient (Wildman–Crippen LogP) is 9.59. The Kier molecular flexibility index (Phi) is 4.27. The second-order valence-corrected chi connectivity index (χ2v) is 12.2. The molecule has 1 nitrogen and oxygen atoms in total. The molecule has 0 amide bonds. The van der Waals surface area contributed by atoms with Crippen molar-refractivity contribution in [3.8, 4) is 44.5 Å². The van der Waals surface area contributed by atoms with E-state index in [0.29, 0.717) is 0 Å². The van der Waals surface area contributed by atoms with Crippen molar-refractivity contribution >= 4 is 5.69 Å². The van der Waals surface area contributed by atoms with Gasteiger partial charge in [0.05, 0.1) is 5.41 Å². The van der Waals surface area contributed by atoms with Gasteiger partial charge in [0.25, 0.3) is 0 Å². The highest BCUT2D eigenvalue weighted by Crippen LogP contribution is 2.66. The number of fused-ring (bicyclic) bond motifs is 13. The van der Waals surface area contributed by atoms with Crippen molar-refractivity contribution in [1.29, 1.82) is 0 Å². The number of benzene rings is 6. The molecule has 0 fully saturated rings. The second kappa shape index (κ2) is 7.65. The van der Waals surface area contributed by atoms with Crippen LogP contribution in [0.25, 0.3) is 44.5 Å². The molecule has 1 heteroatoms. The van der Waals surface area contributed by atoms with E-state index < -0.39 is 5.41 Å². The minimum absolute atomic E-state index is 0.0815. The first-order chi connectivity index (χ1) is 20.0. The van der Waals surface area contributed by atoms with Crippen molar-refractivity contribution in [2.24, 2.45) is 0 Å². The van der Waals surface area contributed by atoms with Crippen molar-refractivity contribution in [3.63, 3.8) is 0 Å². The fraction of sp³-hybridized carbons (Fsp3) is 0.100. The molecule has 0 unspecified atom stereocenters. The molecule has 41 heavy (non-hydrogen) atoms. The van der Waals surface area contributed by atoms with Gasteiger partial charge >= 0.3 is 0 Å². The highest BCUT2D eigenvalue weighted by Gasteiger charge is 2.53. The van der Waals surface area contributed by atoms with Crippen molar-refractivity contribution in [2.45, 2.75) is 24.7 Å². The molecular weight excluding hydrogens is 494 g/mol. The molecule has 3 aliphatic carbocycles. The molecule has 6 aromatic carbocycles. The smallest absolute Gasteiger partial charge is 0.0732 e. The van der Waals surface area contributed by atoms with Crippen LogP contribution < -0.4 is 5.73 Å². The Bertz CT molecular complexity index is 2030. The minimum Gasteiger partial charge on any atom is -0.398 e. The van der Waals surface area contributed by atoms with E-state index in [1.165, 1.54) is 72.3 Å². The molecule has 194 valence electrons. The van der Waals surface area contributed by atoms with Gasteiger partial charge in [-0.2, -0.15) is 0 Å². The number of anilines is 1. The summed E-state index contributed by atoms with van der Waals surface area (Å²) in [5, 5.41) is 0. The van der Waals surface area contributed by atoms with Gasteiger partial charge in [-0.25, -0.2) is 0 Å². The molecule has 0 bridgehead atoms. The van der Waals surface area contributed by atoms with Crippen LogP contribution in [-0.4, -0.2) is 0 Å². The Morgan fingerprint density at radius 1 is 0.390 bits per heavy atom. The van der Waals surface area contributed by atoms with Crippen LogP contribution in [0.3, 0.4) is 0 Å². The van der Waals surface area contributed by atoms with E-state index in [4.69, 9.17) is 5.73 Å². The molecule has 2 N–H and O–H groups in total. The van der Waals surface area contributed by atoms with Gasteiger partial charge in [-0.15, -0.1) is 0 Å². The highest BCUT2D eigenvalue weighted by molar-refractivity contribution is 6.04. The van der Waals surface area contributed by atoms with Gasteiger partial charge in [-0.05, 0) is 78.4 Å². The molecule has 0 saturated carbocycles. The molecule has 1 spiro atoms. The lowest BCUT2D eigenvalue weighted by Crippen LogP contribution is -2.27. The van der Waals surface area contributed by atoms with Crippen molar-refractivity contribution in [3.05, 3.63) is 161 Å². The van der Waals surface area contributed by atoms with E-state index in [1.807, 2.05) is 0 Å². The van der Waals surface area contributed by atoms with E-state index >= 15 is 0 Å². The SMILES string of the molecule is CC1(C)c2ccccc2-c2c(-c3c(N)ccc4c3C3(c5ccccc5-c5ccccc53)c3ccccc3-4)cccc21. The lowest BCUT2D eigenvalue weighted by Gasteiger charge is -2.33. The summed E-state index contributed by atoms with van der Waals surface area (Å²) in [4.78, 5) is 0. The highest BCUT2D eigenvalue weighted by atomic mass is 14.6. The van der Waals surface area contributed by atoms with Crippen molar-refractivity contribution < 1.29 is 0 Å². The van der Waals surface area contributed by atoms with Gasteiger partial charge in [-0.3, -0.25) is 0 Å². The summed E-state index contributed by atoms with van der Waals surface area (Å²) in [6, 6.07) is 47.1. The Morgan fingerprint density at radius 2 is 0.854 bits per heavy atom. The third-order valence-corrected chi connectivity index (χ3v) is 10.1. The summed E-state index contributed by atoms with van der Waals surface area (Å²) in [7, 11) is 0. The van der Waals surface area contributed by atoms with E-state index in [-0.39, 0.29) is 5.41 Å². The van der Waals surface area contributed by atoms with E-state index in [0.717, 1.165) is 11.3 Å². The zero-order valence-corrected chi connectivity index (χ0v) is 23.2. The van der Waals surface area contributed by atoms with Crippen LogP contribution in [-0.2, 0) is 10.8 Å². The van der Waals surface area contributed by atoms with Gasteiger partial charge in [0.2, 0.25) is 0 Å². The van der Waals surface area contributed by atoms with E-state index in [9.17, 15) is 0 Å². The summed E-state index contributed by atoms with van der Waals surface area (Å²) in [6.45, 7) is 4.70. The Labute approximate surface area is 240 Å². The monoisotopic (exact) mass is 523 g/mol. The standard InChI is InChI=1S/C40H29N/c1-39(2)30-17-7-6-15-28(30)36-29(16-11-21-34(36)39)37-35(41)23-22-27-26-14-5-10-20-33(26)40(38(27)37)31-18-8-3-12-24(31)25-13-4-9-19-32(25)40/h3-23H,41H2,1-2H3. The van der Waals surface area contributed by atoms with Gasteiger partial charge in [0, 0.05) is 16.7 Å². The topological polar surface area (TPSA) is 26.0 Å². The van der Waals surface area contributed by atoms with Crippen LogP contribution in [0.4, 0.5) is 5.69 Å². The zero-order valence-electron chi connectivity index (χ0n) is 23.2. The lowest BCUT2D eigenvalue weighted by atomic mass is 9.68. The normalized spacial score (nSPS) is 15.6. The molecule has 0 radical (unpaired) electrons. The molecule has 0 aliphatic heterocycles. The number of hydrogen-bond donors (Lipinski definition) is 1. The summed E-state index contributed by atoms with van der Waals surface area (Å²) in [5.41, 5.74) is 25.7. The van der Waals surface area contributed by atoms with Crippen molar-refractivity contribution in [1.82, 2.24) is 0 Å². The Hall–Kier alpha value is -4.88. The Balaban J connectivity index is 1.48. The number of nitrogens with two attached hydrogens (primary N) is 1. The van der Waals surface area contributed by atoms with E-state index in [2.05, 4.69) is 141 Å². The first-order valence-electron chi connectivity index (χ1n) is 14.5. The molecule has 9 rings (SSSR count). The molecular formula is C40H29N. The molecule has 0 saturated heterocycles. The fourth-order valence-corrected chi connectivity index (χ4v) is 8.46. The van der Waals surface area contributed by atoms with Gasteiger partial charge < -0.3 is 5.73 Å². The predicted molar refractivity (Wildman–Crippen MR) is 170 cm³/mol. The van der Waals surface area contributed by atoms with Crippen LogP contribution in [0, 0.1) is 0 Å². The van der Waals surface area contributed by atoms with Crippen LogP contribution in [0.5, 0.6) is 0 Å². The first kappa shape index (κ1) is 22.9. The molecule has 3 aliphatic rings. The molecule has 6 aromatic rings. The Morgan fingerprint density at radius 3 is 1.46 bits per heavy atom. The van der Waals surface area contributed by atoms with Gasteiger partial charge in [0.1, 0.15) is 0 Å². The maximum Gasteiger partial charge on any atom is 0.0732 e. The minimum atomic E-state index is -0.444. The maximum absolute atomic E-state index is 7.13. The summed E-state index contributed by atoms with van der Waals surface area (Å²) >= 11 is 0. The maximum atomic E-state index is 7.13. The van der Waals surface area contributed by atoms with Crippen molar-refractivity contribution in [2.75, 3.05) is 5.73 Å². The first-order valence-corrected chi connectivity index (χ1v) is 14.5. The fourth-order valence-electron chi connectivity index (χ4n) is 8.46. The van der Waals surface area contributed by atoms with Crippen LogP contribution in [0.1, 0.15) is 47.2 Å². The zero-order chi connectivity index (χ0) is 27.5. The summed E-state index contributed by atoms with van der Waals surface area (Å²) in [6.07, 6.45) is 0. The average Bonchev–Trinajstić information content (AvgIpc) is 3.57. The number of nitrogen functional groups attached to an aromatic ring is 1. The quantitative estimate of drug-likeness (QED) is 0.213. The summed E-state index contributed by atoms with van der Waals surface area (Å²) in [5.74, 6) is 0. The third kappa shape index (κ3) is 2.58. The van der Waals surface area contributed by atoms with Crippen LogP contribution >= 0.6 is 0 Å². The van der Waals surface area contributed by atoms with Crippen LogP contribution in [0.2, 0.25) is 0 Å². The lowest BCUT2D eigenvalue weighted by molar-refractivity contribution is 0.660. The average molecular weight is 524 g/mol. The molecule has 0 heterocycles. The molecule has 0 atom stereocenters. The van der Waals surface area contributed by atoms with Crippen LogP contribution in [0.15, 0.2) is 127 Å². The van der Waals surface area contributed by atoms with Gasteiger partial charge in [-0.1, -0.05) is 135 Å².